The van der Waals surface area contributed by atoms with Crippen LogP contribution in [0.5, 0.6) is 0 Å². The topological polar surface area (TPSA) is 107 Å². The van der Waals surface area contributed by atoms with E-state index in [-0.39, 0.29) is 43.9 Å². The Bertz CT molecular complexity index is 715. The van der Waals surface area contributed by atoms with E-state index in [0.29, 0.717) is 18.8 Å². The molecule has 1 aliphatic carbocycles. The molecular formula is C28H44O6. The van der Waals surface area contributed by atoms with Gasteiger partial charge >= 0.3 is 5.97 Å². The zero-order valence-electron chi connectivity index (χ0n) is 20.6. The maximum atomic E-state index is 11.8. The SMILES string of the molecule is CC(CO)(CO)COC(=O)CCC/C=C\C[C@@H]1[C@@H](CC[C@@H](O)CCc2ccccc2)CC[C@@H]1O. The van der Waals surface area contributed by atoms with Crippen LogP contribution >= 0.6 is 0 Å². The maximum Gasteiger partial charge on any atom is 0.305 e. The fraction of sp³-hybridized carbons (Fsp3) is 0.679. The molecule has 2 rings (SSSR count). The van der Waals surface area contributed by atoms with Crippen LogP contribution < -0.4 is 0 Å². The van der Waals surface area contributed by atoms with E-state index < -0.39 is 5.41 Å². The largest absolute Gasteiger partial charge is 0.465 e. The average Bonchev–Trinajstić information content (AvgIpc) is 3.21. The highest BCUT2D eigenvalue weighted by Crippen LogP contribution is 2.38. The number of hydrogen-bond acceptors (Lipinski definition) is 6. The highest BCUT2D eigenvalue weighted by Gasteiger charge is 2.33. The number of rotatable bonds is 16. The van der Waals surface area contributed by atoms with Crippen molar-refractivity contribution in [1.82, 2.24) is 0 Å². The molecule has 0 radical (unpaired) electrons. The van der Waals surface area contributed by atoms with Crippen molar-refractivity contribution in [1.29, 1.82) is 0 Å². The van der Waals surface area contributed by atoms with Crippen LogP contribution in [0.3, 0.4) is 0 Å². The Balaban J connectivity index is 1.62. The number of aliphatic hydroxyl groups is 4. The van der Waals surface area contributed by atoms with E-state index in [1.54, 1.807) is 6.92 Å². The lowest BCUT2D eigenvalue weighted by Gasteiger charge is -2.23. The zero-order chi connectivity index (χ0) is 24.8. The molecule has 0 amide bonds. The molecule has 0 aliphatic heterocycles. The van der Waals surface area contributed by atoms with Gasteiger partial charge in [0.25, 0.3) is 0 Å². The van der Waals surface area contributed by atoms with Gasteiger partial charge in [-0.1, -0.05) is 49.4 Å². The van der Waals surface area contributed by atoms with Gasteiger partial charge in [0.1, 0.15) is 6.61 Å². The van der Waals surface area contributed by atoms with E-state index in [9.17, 15) is 25.2 Å². The minimum atomic E-state index is -0.799. The van der Waals surface area contributed by atoms with Crippen molar-refractivity contribution >= 4 is 5.97 Å². The molecule has 1 aromatic rings. The first-order chi connectivity index (χ1) is 16.4. The number of aliphatic hydroxyl groups excluding tert-OH is 4. The Hall–Kier alpha value is -1.73. The molecule has 192 valence electrons. The summed E-state index contributed by atoms with van der Waals surface area (Å²) in [6.45, 7) is 1.20. The van der Waals surface area contributed by atoms with Crippen molar-refractivity contribution in [2.24, 2.45) is 17.3 Å². The molecule has 4 N–H and O–H groups in total. The Morgan fingerprint density at radius 3 is 2.59 bits per heavy atom. The summed E-state index contributed by atoms with van der Waals surface area (Å²) >= 11 is 0. The van der Waals surface area contributed by atoms with Crippen LogP contribution in [0.15, 0.2) is 42.5 Å². The number of carbonyl (C=O) groups excluding carboxylic acids is 1. The third kappa shape index (κ3) is 10.3. The van der Waals surface area contributed by atoms with Gasteiger partial charge in [-0.3, -0.25) is 4.79 Å². The first-order valence-electron chi connectivity index (χ1n) is 12.8. The predicted molar refractivity (Wildman–Crippen MR) is 133 cm³/mol. The minimum Gasteiger partial charge on any atom is -0.465 e. The van der Waals surface area contributed by atoms with Crippen LogP contribution in [0.4, 0.5) is 0 Å². The van der Waals surface area contributed by atoms with Gasteiger partial charge in [-0.2, -0.15) is 0 Å². The number of unbranched alkanes of at least 4 members (excludes halogenated alkanes) is 1. The van der Waals surface area contributed by atoms with E-state index in [0.717, 1.165) is 51.4 Å². The monoisotopic (exact) mass is 476 g/mol. The Labute approximate surface area is 204 Å². The lowest BCUT2D eigenvalue weighted by atomic mass is 9.86. The van der Waals surface area contributed by atoms with E-state index >= 15 is 0 Å². The molecule has 1 aliphatic rings. The number of carbonyl (C=O) groups is 1. The molecule has 0 unspecified atom stereocenters. The van der Waals surface area contributed by atoms with Crippen molar-refractivity contribution in [2.75, 3.05) is 19.8 Å². The fourth-order valence-corrected chi connectivity index (χ4v) is 4.57. The highest BCUT2D eigenvalue weighted by molar-refractivity contribution is 5.69. The van der Waals surface area contributed by atoms with Crippen LogP contribution in [0.2, 0.25) is 0 Å². The van der Waals surface area contributed by atoms with E-state index in [2.05, 4.69) is 24.3 Å². The Kier molecular flexibility index (Phi) is 12.8. The molecule has 1 fully saturated rings. The summed E-state index contributed by atoms with van der Waals surface area (Å²) in [5.74, 6) is 0.351. The molecule has 0 aromatic heterocycles. The predicted octanol–water partition coefficient (Wildman–Crippen LogP) is 3.80. The minimum absolute atomic E-state index is 0.0105. The average molecular weight is 477 g/mol. The van der Waals surface area contributed by atoms with E-state index in [1.165, 1.54) is 5.56 Å². The molecule has 0 saturated heterocycles. The van der Waals surface area contributed by atoms with Crippen LogP contribution in [-0.4, -0.2) is 58.4 Å². The number of allylic oxidation sites excluding steroid dienone is 2. The van der Waals surface area contributed by atoms with Gasteiger partial charge in [0.15, 0.2) is 0 Å². The van der Waals surface area contributed by atoms with Crippen LogP contribution in [0, 0.1) is 17.3 Å². The van der Waals surface area contributed by atoms with Crippen molar-refractivity contribution < 1.29 is 30.0 Å². The normalized spacial score (nSPS) is 21.7. The van der Waals surface area contributed by atoms with Gasteiger partial charge in [0.05, 0.1) is 25.4 Å². The summed E-state index contributed by atoms with van der Waals surface area (Å²) in [5, 5.41) is 39.3. The van der Waals surface area contributed by atoms with Gasteiger partial charge in [0, 0.05) is 11.8 Å². The molecule has 0 bridgehead atoms. The number of aryl methyl sites for hydroxylation is 1. The van der Waals surface area contributed by atoms with Gasteiger partial charge in [-0.05, 0) is 75.2 Å². The maximum absolute atomic E-state index is 11.8. The first kappa shape index (κ1) is 28.5. The van der Waals surface area contributed by atoms with Crippen molar-refractivity contribution in [3.05, 3.63) is 48.0 Å². The quantitative estimate of drug-likeness (QED) is 0.164. The number of benzene rings is 1. The van der Waals surface area contributed by atoms with Gasteiger partial charge < -0.3 is 25.2 Å². The van der Waals surface area contributed by atoms with Crippen LogP contribution in [0.1, 0.15) is 70.3 Å². The highest BCUT2D eigenvalue weighted by atomic mass is 16.5. The standard InChI is InChI=1S/C28H44O6/c1-28(19-29,20-30)21-34-27(33)12-8-3-2-7-11-25-23(15-18-26(25)32)14-17-24(31)16-13-22-9-5-4-6-10-22/h2,4-7,9-10,23-26,29-32H,3,8,11-21H2,1H3/b7-2-/t23-,24-,25+,26-/m0/s1. The molecule has 6 nitrogen and oxygen atoms in total. The first-order valence-corrected chi connectivity index (χ1v) is 12.8. The fourth-order valence-electron chi connectivity index (χ4n) is 4.57. The summed E-state index contributed by atoms with van der Waals surface area (Å²) in [7, 11) is 0. The summed E-state index contributed by atoms with van der Waals surface area (Å²) in [6.07, 6.45) is 11.4. The summed E-state index contributed by atoms with van der Waals surface area (Å²) in [4.78, 5) is 11.8. The van der Waals surface area contributed by atoms with Crippen molar-refractivity contribution in [2.45, 2.75) is 83.3 Å². The second kappa shape index (κ2) is 15.3. The number of hydrogen-bond donors (Lipinski definition) is 4. The lowest BCUT2D eigenvalue weighted by molar-refractivity contribution is -0.149. The van der Waals surface area contributed by atoms with Gasteiger partial charge in [-0.25, -0.2) is 0 Å². The zero-order valence-corrected chi connectivity index (χ0v) is 20.6. The Morgan fingerprint density at radius 2 is 1.88 bits per heavy atom. The third-order valence-corrected chi connectivity index (χ3v) is 7.08. The lowest BCUT2D eigenvalue weighted by Crippen LogP contribution is -2.32. The molecule has 34 heavy (non-hydrogen) atoms. The second-order valence-corrected chi connectivity index (χ2v) is 10.2. The molecule has 1 aromatic carbocycles. The number of ether oxygens (including phenoxy) is 1. The van der Waals surface area contributed by atoms with Crippen molar-refractivity contribution in [3.8, 4) is 0 Å². The third-order valence-electron chi connectivity index (χ3n) is 7.08. The molecular weight excluding hydrogens is 432 g/mol. The molecule has 0 spiro atoms. The Morgan fingerprint density at radius 1 is 1.15 bits per heavy atom. The van der Waals surface area contributed by atoms with E-state index in [4.69, 9.17) is 4.74 Å². The molecule has 0 heterocycles. The number of esters is 1. The van der Waals surface area contributed by atoms with Gasteiger partial charge in [0.2, 0.25) is 0 Å². The summed E-state index contributed by atoms with van der Waals surface area (Å²) in [6, 6.07) is 10.2. The summed E-state index contributed by atoms with van der Waals surface area (Å²) < 4.78 is 5.16. The van der Waals surface area contributed by atoms with Crippen LogP contribution in [-0.2, 0) is 16.0 Å². The molecule has 4 atom stereocenters. The second-order valence-electron chi connectivity index (χ2n) is 10.2. The van der Waals surface area contributed by atoms with Gasteiger partial charge in [-0.15, -0.1) is 0 Å². The van der Waals surface area contributed by atoms with Crippen molar-refractivity contribution in [3.63, 3.8) is 0 Å². The smallest absolute Gasteiger partial charge is 0.305 e. The van der Waals surface area contributed by atoms with E-state index in [1.807, 2.05) is 18.2 Å². The molecule has 1 saturated carbocycles. The van der Waals surface area contributed by atoms with Crippen LogP contribution in [0.25, 0.3) is 0 Å². The summed E-state index contributed by atoms with van der Waals surface area (Å²) in [5.41, 5.74) is 0.453. The molecule has 6 heteroatoms.